The van der Waals surface area contributed by atoms with Gasteiger partial charge in [0.05, 0.1) is 6.61 Å². The first-order valence-corrected chi connectivity index (χ1v) is 8.39. The number of rotatable bonds is 10. The summed E-state index contributed by atoms with van der Waals surface area (Å²) in [6.07, 6.45) is -7.67. The highest BCUT2D eigenvalue weighted by Crippen LogP contribution is 2.42. The monoisotopic (exact) mass is 387 g/mol. The van der Waals surface area contributed by atoms with Crippen LogP contribution in [0.2, 0.25) is 0 Å². The Labute approximate surface area is 149 Å². The number of aliphatic hydroxyl groups is 5. The van der Waals surface area contributed by atoms with Gasteiger partial charge in [0.2, 0.25) is 0 Å². The smallest absolute Gasteiger partial charge is 0.320 e. The van der Waals surface area contributed by atoms with Crippen LogP contribution in [0.5, 0.6) is 0 Å². The number of aliphatic carboxylic acids is 1. The first kappa shape index (κ1) is 23.1. The largest absolute Gasteiger partial charge is 0.480 e. The first-order chi connectivity index (χ1) is 12.0. The summed E-state index contributed by atoms with van der Waals surface area (Å²) >= 11 is 0. The Morgan fingerprint density at radius 3 is 2.27 bits per heavy atom. The van der Waals surface area contributed by atoms with Gasteiger partial charge in [0.25, 0.3) is 5.79 Å². The Kier molecular flexibility index (Phi) is 8.27. The molecule has 0 aromatic rings. The number of carboxylic acids is 1. The third kappa shape index (κ3) is 5.06. The van der Waals surface area contributed by atoms with Crippen molar-refractivity contribution in [3.8, 4) is 0 Å². The van der Waals surface area contributed by atoms with Crippen LogP contribution in [0.3, 0.4) is 0 Å². The van der Waals surface area contributed by atoms with Gasteiger partial charge in [-0.05, 0) is 12.8 Å². The van der Waals surface area contributed by atoms with Gasteiger partial charge in [-0.1, -0.05) is 19.3 Å². The van der Waals surface area contributed by atoms with Crippen molar-refractivity contribution in [2.24, 2.45) is 5.73 Å². The number of nitrogens with two attached hydrogens (primary N) is 1. The lowest BCUT2D eigenvalue weighted by molar-refractivity contribution is -0.412. The minimum absolute atomic E-state index is 0.0733. The fourth-order valence-corrected chi connectivity index (χ4v) is 2.82. The maximum Gasteiger partial charge on any atom is 0.320 e. The molecule has 0 spiro atoms. The third-order valence-electron chi connectivity index (χ3n) is 4.56. The molecule has 1 rings (SSSR count). The molecular weight excluding hydrogens is 360 g/mol. The van der Waals surface area contributed by atoms with Crippen LogP contribution in [0.1, 0.15) is 38.5 Å². The predicted octanol–water partition coefficient (Wildman–Crippen LogP) is -1.46. The highest BCUT2D eigenvalue weighted by molar-refractivity contribution is 5.72. The van der Waals surface area contributed by atoms with E-state index in [0.29, 0.717) is 19.3 Å². The Morgan fingerprint density at radius 2 is 1.73 bits per heavy atom. The van der Waals surface area contributed by atoms with E-state index in [1.165, 1.54) is 0 Å². The molecule has 11 heteroatoms. The molecule has 6 atom stereocenters. The molecule has 1 saturated heterocycles. The van der Waals surface area contributed by atoms with Crippen LogP contribution in [0, 0.1) is 0 Å². The molecule has 1 fully saturated rings. The van der Waals surface area contributed by atoms with Crippen molar-refractivity contribution in [3.05, 3.63) is 0 Å². The normalized spacial score (nSPS) is 33.8. The Hall–Kier alpha value is -0.950. The number of halogens is 2. The van der Waals surface area contributed by atoms with Gasteiger partial charge in [-0.2, -0.15) is 0 Å². The summed E-state index contributed by atoms with van der Waals surface area (Å²) < 4.78 is 33.4. The highest BCUT2D eigenvalue weighted by atomic mass is 19.3. The number of carbonyl (C=O) groups is 1. The summed E-state index contributed by atoms with van der Waals surface area (Å²) in [5.41, 5.74) is 5.32. The molecule has 0 amide bonds. The van der Waals surface area contributed by atoms with Gasteiger partial charge in [-0.25, -0.2) is 8.78 Å². The summed E-state index contributed by atoms with van der Waals surface area (Å²) in [4.78, 5) is 10.5. The molecule has 0 bridgehead atoms. The minimum Gasteiger partial charge on any atom is -0.480 e. The average molecular weight is 387 g/mol. The van der Waals surface area contributed by atoms with Crippen molar-refractivity contribution in [3.63, 3.8) is 0 Å². The Morgan fingerprint density at radius 1 is 1.15 bits per heavy atom. The molecule has 8 N–H and O–H groups in total. The average Bonchev–Trinajstić information content (AvgIpc) is 2.58. The first-order valence-electron chi connectivity index (χ1n) is 8.39. The summed E-state index contributed by atoms with van der Waals surface area (Å²) in [5.74, 6) is -8.55. The number of unbranched alkanes of at least 4 members (excludes halogenated alkanes) is 3. The van der Waals surface area contributed by atoms with Crippen LogP contribution in [-0.4, -0.2) is 85.4 Å². The summed E-state index contributed by atoms with van der Waals surface area (Å²) in [6.45, 7) is -0.937. The number of alkyl halides is 2. The summed E-state index contributed by atoms with van der Waals surface area (Å²) in [7, 11) is 0. The minimum atomic E-state index is -3.96. The lowest BCUT2D eigenvalue weighted by Gasteiger charge is -2.48. The molecule has 0 saturated carbocycles. The van der Waals surface area contributed by atoms with Gasteiger partial charge in [-0.15, -0.1) is 0 Å². The van der Waals surface area contributed by atoms with E-state index in [9.17, 15) is 34.0 Å². The number of aliphatic hydroxyl groups excluding tert-OH is 4. The molecule has 1 aliphatic heterocycles. The molecule has 26 heavy (non-hydrogen) atoms. The quantitative estimate of drug-likeness (QED) is 0.221. The zero-order valence-corrected chi connectivity index (χ0v) is 14.2. The second-order valence-electron chi connectivity index (χ2n) is 6.56. The second-order valence-corrected chi connectivity index (χ2v) is 6.56. The van der Waals surface area contributed by atoms with E-state index in [1.807, 2.05) is 0 Å². The van der Waals surface area contributed by atoms with Crippen LogP contribution in [0.15, 0.2) is 0 Å². The fourth-order valence-electron chi connectivity index (χ4n) is 2.82. The number of hydrogen-bond acceptors (Lipinski definition) is 8. The van der Waals surface area contributed by atoms with Gasteiger partial charge in [0.15, 0.2) is 0 Å². The van der Waals surface area contributed by atoms with E-state index in [4.69, 9.17) is 15.9 Å². The van der Waals surface area contributed by atoms with E-state index < -0.39 is 61.2 Å². The molecule has 0 unspecified atom stereocenters. The number of hydrogen-bond donors (Lipinski definition) is 7. The molecule has 1 heterocycles. The van der Waals surface area contributed by atoms with E-state index >= 15 is 0 Å². The topological polar surface area (TPSA) is 174 Å². The van der Waals surface area contributed by atoms with Crippen LogP contribution >= 0.6 is 0 Å². The number of ether oxygens (including phenoxy) is 1. The van der Waals surface area contributed by atoms with Crippen molar-refractivity contribution in [2.45, 2.75) is 80.7 Å². The molecule has 9 nitrogen and oxygen atoms in total. The van der Waals surface area contributed by atoms with Crippen LogP contribution in [-0.2, 0) is 9.53 Å². The fraction of sp³-hybridized carbons (Fsp3) is 0.933. The lowest BCUT2D eigenvalue weighted by atomic mass is 9.87. The van der Waals surface area contributed by atoms with E-state index in [0.717, 1.165) is 0 Å². The molecule has 1 aliphatic rings. The van der Waals surface area contributed by atoms with Crippen molar-refractivity contribution in [1.29, 1.82) is 0 Å². The summed E-state index contributed by atoms with van der Waals surface area (Å²) in [5, 5.41) is 56.7. The zero-order chi connectivity index (χ0) is 20.1. The zero-order valence-electron chi connectivity index (χ0n) is 14.2. The molecule has 0 aliphatic carbocycles. The maximum atomic E-state index is 14.4. The Balaban J connectivity index is 2.56. The van der Waals surface area contributed by atoms with Crippen molar-refractivity contribution in [1.82, 2.24) is 0 Å². The van der Waals surface area contributed by atoms with E-state index in [-0.39, 0.29) is 12.8 Å². The van der Waals surface area contributed by atoms with Gasteiger partial charge in [0.1, 0.15) is 30.5 Å². The van der Waals surface area contributed by atoms with E-state index in [1.54, 1.807) is 0 Å². The van der Waals surface area contributed by atoms with Crippen LogP contribution in [0.25, 0.3) is 0 Å². The molecule has 0 aromatic carbocycles. The Bertz CT molecular complexity index is 467. The molecule has 0 radical (unpaired) electrons. The van der Waals surface area contributed by atoms with E-state index in [2.05, 4.69) is 4.74 Å². The van der Waals surface area contributed by atoms with Gasteiger partial charge < -0.3 is 41.1 Å². The number of carboxylic acid groups (broad SMARTS) is 1. The predicted molar refractivity (Wildman–Crippen MR) is 83.2 cm³/mol. The standard InChI is InChI=1S/C15H27F2NO8/c16-14(17,6-4-2-1-3-5-8(18)13(23)24)15(25)12(22)11(21)10(20)9(7-19)26-15/h8-12,19-22,25H,1-7,18H2,(H,23,24)/t8-,9+,10-,11-,12+,15+/m0/s1. The van der Waals surface area contributed by atoms with Crippen molar-refractivity contribution < 1.29 is 49.0 Å². The third-order valence-corrected chi connectivity index (χ3v) is 4.56. The van der Waals surface area contributed by atoms with Gasteiger partial charge >= 0.3 is 11.9 Å². The van der Waals surface area contributed by atoms with Gasteiger partial charge in [-0.3, -0.25) is 4.79 Å². The van der Waals surface area contributed by atoms with Crippen molar-refractivity contribution in [2.75, 3.05) is 6.61 Å². The maximum absolute atomic E-state index is 14.4. The van der Waals surface area contributed by atoms with Crippen LogP contribution < -0.4 is 5.73 Å². The molecule has 0 aromatic heterocycles. The summed E-state index contributed by atoms with van der Waals surface area (Å²) in [6, 6.07) is -1.01. The second kappa shape index (κ2) is 9.31. The van der Waals surface area contributed by atoms with Gasteiger partial charge in [0, 0.05) is 6.42 Å². The lowest BCUT2D eigenvalue weighted by Crippen LogP contribution is -2.71. The van der Waals surface area contributed by atoms with Crippen LogP contribution in [0.4, 0.5) is 8.78 Å². The van der Waals surface area contributed by atoms with Crippen molar-refractivity contribution >= 4 is 5.97 Å². The molecular formula is C15H27F2NO8. The SMILES string of the molecule is N[C@@H](CCCCCCC(F)(F)[C@]1(O)O[C@H](CO)[C@H](O)[C@H](O)[C@H]1O)C(=O)O. The highest BCUT2D eigenvalue weighted by Gasteiger charge is 2.65. The molecule has 154 valence electrons.